The Kier molecular flexibility index (Phi) is 3.71. The molecule has 0 spiro atoms. The van der Waals surface area contributed by atoms with Crippen molar-refractivity contribution < 1.29 is 13.2 Å². The number of hydrogen-bond donors (Lipinski definition) is 1. The molecular weight excluding hydrogens is 293 g/mol. The van der Waals surface area contributed by atoms with E-state index >= 15 is 0 Å². The number of aromatic nitrogens is 2. The maximum absolute atomic E-state index is 12.8. The quantitative estimate of drug-likeness (QED) is 0.640. The molecule has 0 saturated heterocycles. The van der Waals surface area contributed by atoms with Crippen LogP contribution in [-0.4, -0.2) is 9.97 Å². The molecule has 0 amide bonds. The van der Waals surface area contributed by atoms with Gasteiger partial charge in [-0.3, -0.25) is 0 Å². The average molecular weight is 301 g/mol. The predicted molar refractivity (Wildman–Crippen MR) is 67.0 cm³/mol. The van der Waals surface area contributed by atoms with Gasteiger partial charge < -0.3 is 0 Å². The monoisotopic (exact) mass is 300 g/mol. The number of rotatable bonds is 2. The maximum Gasteiger partial charge on any atom is 0.416 e. The molecule has 4 nitrogen and oxygen atoms in total. The fourth-order valence-corrected chi connectivity index (χ4v) is 1.83. The van der Waals surface area contributed by atoms with E-state index in [9.17, 15) is 13.2 Å². The molecule has 2 aromatic rings. The van der Waals surface area contributed by atoms with Crippen molar-refractivity contribution in [1.29, 1.82) is 5.53 Å². The molecule has 1 aromatic carbocycles. The van der Waals surface area contributed by atoms with Crippen molar-refractivity contribution in [2.75, 3.05) is 0 Å². The first-order chi connectivity index (χ1) is 9.34. The summed E-state index contributed by atoms with van der Waals surface area (Å²) in [4.78, 5) is 7.68. The van der Waals surface area contributed by atoms with Crippen molar-refractivity contribution in [3.8, 4) is 11.3 Å². The van der Waals surface area contributed by atoms with Gasteiger partial charge in [0.05, 0.1) is 16.9 Å². The van der Waals surface area contributed by atoms with E-state index < -0.39 is 11.7 Å². The second-order valence-corrected chi connectivity index (χ2v) is 4.34. The number of nitrogens with one attached hydrogen (secondary N) is 1. The van der Waals surface area contributed by atoms with Gasteiger partial charge in [-0.1, -0.05) is 11.6 Å². The number of alkyl halides is 3. The van der Waals surface area contributed by atoms with Crippen LogP contribution < -0.4 is 0 Å². The van der Waals surface area contributed by atoms with E-state index in [-0.39, 0.29) is 22.1 Å². The Morgan fingerprint density at radius 1 is 1.25 bits per heavy atom. The zero-order valence-electron chi connectivity index (χ0n) is 10.2. The molecule has 2 rings (SSSR count). The molecule has 1 aromatic heterocycles. The van der Waals surface area contributed by atoms with E-state index in [1.165, 1.54) is 0 Å². The molecule has 104 valence electrons. The molecule has 0 aliphatic heterocycles. The van der Waals surface area contributed by atoms with Crippen LogP contribution in [0.1, 0.15) is 11.1 Å². The molecule has 0 aliphatic carbocycles. The second-order valence-electron chi connectivity index (χ2n) is 3.98. The predicted octanol–water partition coefficient (Wildman–Crippen LogP) is 4.79. The van der Waals surface area contributed by atoms with E-state index in [0.29, 0.717) is 5.56 Å². The minimum atomic E-state index is -4.49. The maximum atomic E-state index is 12.8. The van der Waals surface area contributed by atoms with Crippen molar-refractivity contribution in [1.82, 2.24) is 9.97 Å². The highest BCUT2D eigenvalue weighted by atomic mass is 35.5. The van der Waals surface area contributed by atoms with Crippen LogP contribution in [0.4, 0.5) is 18.9 Å². The highest BCUT2D eigenvalue weighted by Gasteiger charge is 2.31. The lowest BCUT2D eigenvalue weighted by Crippen LogP contribution is -2.05. The van der Waals surface area contributed by atoms with Crippen LogP contribution in [0, 0.1) is 12.5 Å². The van der Waals surface area contributed by atoms with Gasteiger partial charge in [0.15, 0.2) is 0 Å². The topological polar surface area (TPSA) is 62.0 Å². The van der Waals surface area contributed by atoms with Crippen molar-refractivity contribution in [2.45, 2.75) is 13.1 Å². The van der Waals surface area contributed by atoms with Gasteiger partial charge >= 0.3 is 6.18 Å². The van der Waals surface area contributed by atoms with Crippen LogP contribution in [0.25, 0.3) is 11.3 Å². The summed E-state index contributed by atoms with van der Waals surface area (Å²) in [6.07, 6.45) is -3.33. The third-order valence-corrected chi connectivity index (χ3v) is 3.10. The largest absolute Gasteiger partial charge is 0.416 e. The number of benzene rings is 1. The summed E-state index contributed by atoms with van der Waals surface area (Å²) in [6, 6.07) is 2.90. The molecule has 20 heavy (non-hydrogen) atoms. The summed E-state index contributed by atoms with van der Waals surface area (Å²) in [7, 11) is 0. The van der Waals surface area contributed by atoms with Crippen LogP contribution in [0.2, 0.25) is 5.15 Å². The van der Waals surface area contributed by atoms with E-state index in [0.717, 1.165) is 24.5 Å². The van der Waals surface area contributed by atoms with Gasteiger partial charge in [0.2, 0.25) is 0 Å². The lowest BCUT2D eigenvalue weighted by molar-refractivity contribution is -0.137. The molecule has 0 fully saturated rings. The van der Waals surface area contributed by atoms with Crippen LogP contribution in [0.3, 0.4) is 0 Å². The molecule has 8 heteroatoms. The highest BCUT2D eigenvalue weighted by molar-refractivity contribution is 6.30. The minimum absolute atomic E-state index is 0.0795. The van der Waals surface area contributed by atoms with Gasteiger partial charge in [-0.15, -0.1) is 0 Å². The Labute approximate surface area is 117 Å². The molecule has 0 saturated carbocycles. The van der Waals surface area contributed by atoms with E-state index in [1.54, 1.807) is 6.92 Å². The molecule has 1 N–H and O–H groups in total. The van der Waals surface area contributed by atoms with Gasteiger partial charge in [0, 0.05) is 11.1 Å². The van der Waals surface area contributed by atoms with Crippen molar-refractivity contribution in [2.24, 2.45) is 5.11 Å². The van der Waals surface area contributed by atoms with Gasteiger partial charge in [0.25, 0.3) is 0 Å². The first-order valence-electron chi connectivity index (χ1n) is 5.40. The minimum Gasteiger partial charge on any atom is -0.236 e. The third-order valence-electron chi connectivity index (χ3n) is 2.72. The molecule has 0 aliphatic rings. The number of halogens is 4. The zero-order chi connectivity index (χ0) is 14.9. The Bertz CT molecular complexity index is 670. The zero-order valence-corrected chi connectivity index (χ0v) is 10.9. The van der Waals surface area contributed by atoms with Crippen LogP contribution in [0.5, 0.6) is 0 Å². The molecule has 0 atom stereocenters. The summed E-state index contributed by atoms with van der Waals surface area (Å²) in [5.74, 6) is 0. The lowest BCUT2D eigenvalue weighted by Gasteiger charge is -2.12. The molecule has 0 radical (unpaired) electrons. The Morgan fingerprint density at radius 3 is 2.55 bits per heavy atom. The normalized spacial score (nSPS) is 11.4. The van der Waals surface area contributed by atoms with E-state index in [1.807, 2.05) is 0 Å². The number of nitrogens with zero attached hydrogens (tertiary/aromatic N) is 3. The standard InChI is InChI=1S/C12H8ClF3N4/c1-6-10(18-5-19-11(6)13)8-4-7(12(14,15)16)2-3-9(8)20-17/h2-5,17H,1H3. The second kappa shape index (κ2) is 5.16. The van der Waals surface area contributed by atoms with Crippen LogP contribution in [0.15, 0.2) is 29.6 Å². The van der Waals surface area contributed by atoms with Crippen LogP contribution in [-0.2, 0) is 6.18 Å². The summed E-state index contributed by atoms with van der Waals surface area (Å²) >= 11 is 5.84. The van der Waals surface area contributed by atoms with E-state index in [4.69, 9.17) is 17.1 Å². The van der Waals surface area contributed by atoms with Crippen LogP contribution >= 0.6 is 11.6 Å². The fourth-order valence-electron chi connectivity index (χ4n) is 1.70. The molecule has 1 heterocycles. The summed E-state index contributed by atoms with van der Waals surface area (Å²) in [5, 5.41) is 3.36. The van der Waals surface area contributed by atoms with Crippen molar-refractivity contribution in [3.05, 3.63) is 40.8 Å². The van der Waals surface area contributed by atoms with E-state index in [2.05, 4.69) is 15.1 Å². The highest BCUT2D eigenvalue weighted by Crippen LogP contribution is 2.38. The lowest BCUT2D eigenvalue weighted by atomic mass is 10.0. The molecule has 0 bridgehead atoms. The smallest absolute Gasteiger partial charge is 0.236 e. The summed E-state index contributed by atoms with van der Waals surface area (Å²) in [5.41, 5.74) is 7.04. The van der Waals surface area contributed by atoms with Gasteiger partial charge in [-0.25, -0.2) is 15.5 Å². The van der Waals surface area contributed by atoms with Gasteiger partial charge in [-0.05, 0) is 25.1 Å². The van der Waals surface area contributed by atoms with Crippen molar-refractivity contribution in [3.63, 3.8) is 0 Å². The van der Waals surface area contributed by atoms with Crippen molar-refractivity contribution >= 4 is 17.3 Å². The first-order valence-corrected chi connectivity index (χ1v) is 5.78. The molecule has 0 unspecified atom stereocenters. The van der Waals surface area contributed by atoms with Gasteiger partial charge in [0.1, 0.15) is 11.5 Å². The molecular formula is C12H8ClF3N4. The Morgan fingerprint density at radius 2 is 1.95 bits per heavy atom. The Hall–Kier alpha value is -2.02. The number of hydrogen-bond acceptors (Lipinski definition) is 4. The third kappa shape index (κ3) is 2.62. The summed E-state index contributed by atoms with van der Waals surface area (Å²) < 4.78 is 38.3. The first kappa shape index (κ1) is 14.4. The fraction of sp³-hybridized carbons (Fsp3) is 0.167. The Balaban J connectivity index is 2.71. The van der Waals surface area contributed by atoms with Gasteiger partial charge in [-0.2, -0.15) is 18.3 Å². The average Bonchev–Trinajstić information content (AvgIpc) is 2.40. The SMILES string of the molecule is Cc1c(Cl)ncnc1-c1cc(C(F)(F)F)ccc1N=N. The summed E-state index contributed by atoms with van der Waals surface area (Å²) in [6.45, 7) is 1.59.